The second kappa shape index (κ2) is 13.3. The minimum absolute atomic E-state index is 0.0583. The van der Waals surface area contributed by atoms with Crippen LogP contribution in [-0.2, 0) is 23.1 Å². The van der Waals surface area contributed by atoms with Crippen molar-refractivity contribution in [2.24, 2.45) is 7.05 Å². The molecule has 1 atom stereocenters. The summed E-state index contributed by atoms with van der Waals surface area (Å²) in [7, 11) is 5.17. The highest BCUT2D eigenvalue weighted by Gasteiger charge is 2.23. The number of rotatable bonds is 14. The summed E-state index contributed by atoms with van der Waals surface area (Å²) in [4.78, 5) is 2.14. The van der Waals surface area contributed by atoms with Gasteiger partial charge < -0.3 is 24.1 Å². The van der Waals surface area contributed by atoms with E-state index in [-0.39, 0.29) is 12.7 Å². The molecule has 0 spiro atoms. The highest BCUT2D eigenvalue weighted by Crippen LogP contribution is 2.35. The molecule has 8 heteroatoms. The minimum atomic E-state index is -0.631. The summed E-state index contributed by atoms with van der Waals surface area (Å²) in [5.41, 5.74) is 2.75. The molecular weight excluding hydrogens is 446 g/mol. The molecule has 0 bridgehead atoms. The Hall–Kier alpha value is -2.91. The molecule has 0 fully saturated rings. The predicted octanol–water partition coefficient (Wildman–Crippen LogP) is 4.12. The zero-order valence-electron chi connectivity index (χ0n) is 21.3. The first-order chi connectivity index (χ1) is 16.9. The van der Waals surface area contributed by atoms with Crippen LogP contribution < -0.4 is 9.47 Å². The quantitative estimate of drug-likeness (QED) is 0.370. The van der Waals surface area contributed by atoms with Crippen molar-refractivity contribution in [1.82, 2.24) is 14.7 Å². The molecule has 190 valence electrons. The van der Waals surface area contributed by atoms with Crippen molar-refractivity contribution in [2.75, 3.05) is 40.5 Å². The molecule has 1 heterocycles. The lowest BCUT2D eigenvalue weighted by molar-refractivity contribution is -0.0121. The molecule has 3 rings (SSSR count). The third-order valence-electron chi connectivity index (χ3n) is 5.48. The zero-order chi connectivity index (χ0) is 25.2. The number of aryl methyl sites for hydroxylation is 1. The molecule has 35 heavy (non-hydrogen) atoms. The van der Waals surface area contributed by atoms with Gasteiger partial charge >= 0.3 is 0 Å². The first-order valence-corrected chi connectivity index (χ1v) is 11.9. The van der Waals surface area contributed by atoms with Crippen LogP contribution in [0.4, 0.5) is 0 Å². The van der Waals surface area contributed by atoms with E-state index in [2.05, 4.69) is 4.90 Å². The Morgan fingerprint density at radius 1 is 1.03 bits per heavy atom. The van der Waals surface area contributed by atoms with E-state index in [4.69, 9.17) is 24.0 Å². The number of aliphatic hydroxyl groups is 1. The van der Waals surface area contributed by atoms with Gasteiger partial charge in [-0.15, -0.1) is 0 Å². The maximum atomic E-state index is 10.6. The topological polar surface area (TPSA) is 78.2 Å². The van der Waals surface area contributed by atoms with Gasteiger partial charge in [0.2, 0.25) is 5.88 Å². The molecule has 0 saturated heterocycles. The summed E-state index contributed by atoms with van der Waals surface area (Å²) >= 11 is 0. The number of aromatic nitrogens is 2. The molecule has 3 aromatic rings. The number of benzene rings is 2. The fourth-order valence-electron chi connectivity index (χ4n) is 3.76. The Labute approximate surface area is 208 Å². The number of nitrogens with zero attached hydrogens (tertiary/aromatic N) is 3. The number of aliphatic hydroxyl groups excluding tert-OH is 1. The smallest absolute Gasteiger partial charge is 0.222 e. The minimum Gasteiger partial charge on any atom is -0.497 e. The number of hydrogen-bond donors (Lipinski definition) is 1. The molecule has 0 radical (unpaired) electrons. The first-order valence-electron chi connectivity index (χ1n) is 11.9. The lowest BCUT2D eigenvalue weighted by Crippen LogP contribution is -2.37. The fourth-order valence-corrected chi connectivity index (χ4v) is 3.76. The van der Waals surface area contributed by atoms with Crippen molar-refractivity contribution in [3.63, 3.8) is 0 Å². The summed E-state index contributed by atoms with van der Waals surface area (Å²) in [5, 5.41) is 15.4. The van der Waals surface area contributed by atoms with Gasteiger partial charge in [0.15, 0.2) is 0 Å². The highest BCUT2D eigenvalue weighted by atomic mass is 16.5. The van der Waals surface area contributed by atoms with E-state index in [0.29, 0.717) is 43.6 Å². The molecule has 8 nitrogen and oxygen atoms in total. The van der Waals surface area contributed by atoms with E-state index in [1.165, 1.54) is 0 Å². The third-order valence-corrected chi connectivity index (χ3v) is 5.48. The van der Waals surface area contributed by atoms with Gasteiger partial charge in [0, 0.05) is 45.4 Å². The summed E-state index contributed by atoms with van der Waals surface area (Å²) in [6.07, 6.45) is -0.572. The van der Waals surface area contributed by atoms with Crippen LogP contribution in [0.25, 0.3) is 11.3 Å². The van der Waals surface area contributed by atoms with E-state index < -0.39 is 6.10 Å². The average Bonchev–Trinajstić information content (AvgIpc) is 3.16. The maximum absolute atomic E-state index is 10.6. The van der Waals surface area contributed by atoms with Gasteiger partial charge in [-0.1, -0.05) is 36.4 Å². The molecular formula is C27H37N3O5. The van der Waals surface area contributed by atoms with Crippen molar-refractivity contribution in [2.45, 2.75) is 32.6 Å². The monoisotopic (exact) mass is 483 g/mol. The van der Waals surface area contributed by atoms with Gasteiger partial charge in [0.1, 0.15) is 17.2 Å². The molecule has 0 aliphatic rings. The summed E-state index contributed by atoms with van der Waals surface area (Å²) in [6.45, 7) is 6.30. The van der Waals surface area contributed by atoms with E-state index in [9.17, 15) is 5.11 Å². The summed E-state index contributed by atoms with van der Waals surface area (Å²) in [6, 6.07) is 17.5. The zero-order valence-corrected chi connectivity index (χ0v) is 21.3. The Bertz CT molecular complexity index is 1040. The number of hydrogen-bond acceptors (Lipinski definition) is 7. The standard InChI is InChI=1S/C27H37N3O5/c1-20(2)34-19-22(31)17-30(14-15-32-4)18-25-26(21-10-7-6-8-11-21)28-29(3)27(25)35-24-13-9-12-23(16-24)33-5/h6-13,16,20,22,31H,14-15,17-19H2,1-5H3. The van der Waals surface area contributed by atoms with Crippen molar-refractivity contribution in [3.05, 3.63) is 60.2 Å². The number of ether oxygens (including phenoxy) is 4. The van der Waals surface area contributed by atoms with Gasteiger partial charge in [0.25, 0.3) is 0 Å². The van der Waals surface area contributed by atoms with Crippen molar-refractivity contribution in [3.8, 4) is 28.6 Å². The average molecular weight is 484 g/mol. The predicted molar refractivity (Wildman–Crippen MR) is 136 cm³/mol. The summed E-state index contributed by atoms with van der Waals surface area (Å²) in [5.74, 6) is 2.00. The van der Waals surface area contributed by atoms with Crippen LogP contribution in [0, 0.1) is 0 Å². The van der Waals surface area contributed by atoms with E-state index >= 15 is 0 Å². The fraction of sp³-hybridized carbons (Fsp3) is 0.444. The second-order valence-corrected chi connectivity index (χ2v) is 8.67. The first kappa shape index (κ1) is 26.7. The van der Waals surface area contributed by atoms with Crippen LogP contribution in [0.2, 0.25) is 0 Å². The van der Waals surface area contributed by atoms with Crippen LogP contribution in [-0.4, -0.2) is 72.5 Å². The molecule has 1 aromatic heterocycles. The van der Waals surface area contributed by atoms with Crippen LogP contribution in [0.15, 0.2) is 54.6 Å². The third kappa shape index (κ3) is 7.80. The SMILES string of the molecule is COCCN(Cc1c(-c2ccccc2)nn(C)c1Oc1cccc(OC)c1)CC(O)COC(C)C. The molecule has 2 aromatic carbocycles. The van der Waals surface area contributed by atoms with Gasteiger partial charge in [-0.05, 0) is 26.0 Å². The van der Waals surface area contributed by atoms with Crippen molar-refractivity contribution in [1.29, 1.82) is 0 Å². The normalized spacial score (nSPS) is 12.3. The summed E-state index contributed by atoms with van der Waals surface area (Å²) < 4.78 is 24.4. The van der Waals surface area contributed by atoms with E-state index in [1.807, 2.05) is 75.5 Å². The van der Waals surface area contributed by atoms with Crippen LogP contribution in [0.5, 0.6) is 17.4 Å². The second-order valence-electron chi connectivity index (χ2n) is 8.67. The van der Waals surface area contributed by atoms with E-state index in [1.54, 1.807) is 18.9 Å². The maximum Gasteiger partial charge on any atom is 0.222 e. The molecule has 0 aliphatic heterocycles. The lowest BCUT2D eigenvalue weighted by atomic mass is 10.1. The molecule has 1 N–H and O–H groups in total. The molecule has 1 unspecified atom stereocenters. The number of methoxy groups -OCH3 is 2. The lowest BCUT2D eigenvalue weighted by Gasteiger charge is -2.25. The Morgan fingerprint density at radius 3 is 2.46 bits per heavy atom. The van der Waals surface area contributed by atoms with Gasteiger partial charge in [-0.25, -0.2) is 4.68 Å². The van der Waals surface area contributed by atoms with Gasteiger partial charge in [-0.2, -0.15) is 5.10 Å². The molecule has 0 saturated carbocycles. The van der Waals surface area contributed by atoms with Crippen LogP contribution in [0.1, 0.15) is 19.4 Å². The Morgan fingerprint density at radius 2 is 1.77 bits per heavy atom. The van der Waals surface area contributed by atoms with Gasteiger partial charge in [0.05, 0.1) is 38.1 Å². The highest BCUT2D eigenvalue weighted by molar-refractivity contribution is 5.65. The largest absolute Gasteiger partial charge is 0.497 e. The Balaban J connectivity index is 1.95. The van der Waals surface area contributed by atoms with E-state index in [0.717, 1.165) is 16.8 Å². The van der Waals surface area contributed by atoms with Crippen LogP contribution in [0.3, 0.4) is 0 Å². The molecule has 0 aliphatic carbocycles. The van der Waals surface area contributed by atoms with Gasteiger partial charge in [-0.3, -0.25) is 4.90 Å². The van der Waals surface area contributed by atoms with Crippen LogP contribution >= 0.6 is 0 Å². The van der Waals surface area contributed by atoms with Crippen molar-refractivity contribution < 1.29 is 24.1 Å². The Kier molecular flexibility index (Phi) is 10.1. The molecule has 0 amide bonds. The van der Waals surface area contributed by atoms with Crippen molar-refractivity contribution >= 4 is 0 Å².